The molecular formula is C22H26N2O3S. The lowest BCUT2D eigenvalue weighted by Gasteiger charge is -2.29. The fraction of sp³-hybridized carbons (Fsp3) is 0.409. The smallest absolute Gasteiger partial charge is 0.224 e. The highest BCUT2D eigenvalue weighted by Gasteiger charge is 2.35. The topological polar surface area (TPSA) is 59.4 Å². The number of aryl methyl sites for hydroxylation is 1. The molecule has 1 saturated heterocycles. The summed E-state index contributed by atoms with van der Waals surface area (Å²) in [5.41, 5.74) is 4.15. The van der Waals surface area contributed by atoms with E-state index >= 15 is 0 Å². The van der Waals surface area contributed by atoms with Gasteiger partial charge >= 0.3 is 0 Å². The van der Waals surface area contributed by atoms with E-state index in [1.54, 1.807) is 4.90 Å². The standard InChI is InChI=1S/C22H26N2O3S/c1-14(2)23-20-8-6-5-7-18(20)22-15(3)19(9-10-21(22)23)24(16(4)25)17-11-12-28(26,27)13-17/h5-10,14,17H,11-13H2,1-4H3. The molecular weight excluding hydrogens is 372 g/mol. The number of rotatable bonds is 3. The van der Waals surface area contributed by atoms with E-state index in [1.165, 1.54) is 12.4 Å². The number of sulfone groups is 1. The Bertz CT molecular complexity index is 1190. The van der Waals surface area contributed by atoms with Crippen molar-refractivity contribution in [3.8, 4) is 0 Å². The molecule has 1 unspecified atom stereocenters. The highest BCUT2D eigenvalue weighted by molar-refractivity contribution is 7.91. The van der Waals surface area contributed by atoms with Crippen molar-refractivity contribution in [2.75, 3.05) is 16.4 Å². The monoisotopic (exact) mass is 398 g/mol. The van der Waals surface area contributed by atoms with Crippen LogP contribution in [0, 0.1) is 6.92 Å². The van der Waals surface area contributed by atoms with Gasteiger partial charge < -0.3 is 9.47 Å². The van der Waals surface area contributed by atoms with Crippen LogP contribution >= 0.6 is 0 Å². The number of benzene rings is 2. The zero-order chi connectivity index (χ0) is 20.2. The van der Waals surface area contributed by atoms with Crippen molar-refractivity contribution in [1.29, 1.82) is 0 Å². The number of carbonyl (C=O) groups excluding carboxylic acids is 1. The van der Waals surface area contributed by atoms with Gasteiger partial charge in [-0.2, -0.15) is 0 Å². The Morgan fingerprint density at radius 3 is 2.46 bits per heavy atom. The lowest BCUT2D eigenvalue weighted by molar-refractivity contribution is -0.116. The van der Waals surface area contributed by atoms with Crippen LogP contribution in [-0.2, 0) is 14.6 Å². The Balaban J connectivity index is 1.97. The molecule has 2 aromatic carbocycles. The molecule has 0 radical (unpaired) electrons. The number of carbonyl (C=O) groups is 1. The highest BCUT2D eigenvalue weighted by atomic mass is 32.2. The van der Waals surface area contributed by atoms with Crippen LogP contribution in [0.1, 0.15) is 38.8 Å². The molecule has 5 nitrogen and oxygen atoms in total. The molecule has 1 aromatic heterocycles. The average molecular weight is 399 g/mol. The fourth-order valence-corrected chi connectivity index (χ4v) is 6.37. The van der Waals surface area contributed by atoms with Gasteiger partial charge in [-0.05, 0) is 51.0 Å². The number of aromatic nitrogens is 1. The lowest BCUT2D eigenvalue weighted by atomic mass is 10.0. The molecule has 28 heavy (non-hydrogen) atoms. The first kappa shape index (κ1) is 19.0. The summed E-state index contributed by atoms with van der Waals surface area (Å²) in [5, 5.41) is 2.29. The number of fused-ring (bicyclic) bond motifs is 3. The molecule has 6 heteroatoms. The number of para-hydroxylation sites is 1. The van der Waals surface area contributed by atoms with Crippen molar-refractivity contribution >= 4 is 43.2 Å². The summed E-state index contributed by atoms with van der Waals surface area (Å²) >= 11 is 0. The van der Waals surface area contributed by atoms with Gasteiger partial charge in [0, 0.05) is 40.5 Å². The van der Waals surface area contributed by atoms with Gasteiger partial charge in [0.05, 0.1) is 17.5 Å². The second-order valence-electron chi connectivity index (χ2n) is 8.03. The van der Waals surface area contributed by atoms with E-state index in [0.29, 0.717) is 12.5 Å². The molecule has 148 valence electrons. The van der Waals surface area contributed by atoms with Crippen LogP contribution in [0.3, 0.4) is 0 Å². The van der Waals surface area contributed by atoms with Gasteiger partial charge in [-0.3, -0.25) is 4.79 Å². The van der Waals surface area contributed by atoms with Crippen LogP contribution in [-0.4, -0.2) is 36.4 Å². The quantitative estimate of drug-likeness (QED) is 0.664. The first-order valence-electron chi connectivity index (χ1n) is 9.73. The van der Waals surface area contributed by atoms with Crippen molar-refractivity contribution in [1.82, 2.24) is 4.57 Å². The summed E-state index contributed by atoms with van der Waals surface area (Å²) in [6.45, 7) is 7.89. The number of anilines is 1. The molecule has 0 spiro atoms. The zero-order valence-electron chi connectivity index (χ0n) is 16.8. The fourth-order valence-electron chi connectivity index (χ4n) is 4.67. The van der Waals surface area contributed by atoms with E-state index < -0.39 is 9.84 Å². The Morgan fingerprint density at radius 1 is 1.14 bits per heavy atom. The van der Waals surface area contributed by atoms with Gasteiger partial charge in [-0.25, -0.2) is 8.42 Å². The van der Waals surface area contributed by atoms with E-state index in [9.17, 15) is 13.2 Å². The van der Waals surface area contributed by atoms with E-state index in [-0.39, 0.29) is 23.5 Å². The molecule has 1 fully saturated rings. The maximum absolute atomic E-state index is 12.5. The molecule has 3 aromatic rings. The van der Waals surface area contributed by atoms with Gasteiger partial charge in [0.1, 0.15) is 0 Å². The summed E-state index contributed by atoms with van der Waals surface area (Å²) in [7, 11) is -3.08. The van der Waals surface area contributed by atoms with E-state index in [4.69, 9.17) is 0 Å². The van der Waals surface area contributed by atoms with Crippen LogP contribution in [0.5, 0.6) is 0 Å². The van der Waals surface area contributed by atoms with Crippen molar-refractivity contribution in [2.24, 2.45) is 0 Å². The van der Waals surface area contributed by atoms with Gasteiger partial charge in [-0.15, -0.1) is 0 Å². The van der Waals surface area contributed by atoms with Gasteiger partial charge in [0.25, 0.3) is 0 Å². The van der Waals surface area contributed by atoms with Crippen LogP contribution in [0.15, 0.2) is 36.4 Å². The molecule has 1 atom stereocenters. The zero-order valence-corrected chi connectivity index (χ0v) is 17.6. The van der Waals surface area contributed by atoms with Crippen LogP contribution in [0.4, 0.5) is 5.69 Å². The molecule has 2 heterocycles. The van der Waals surface area contributed by atoms with Gasteiger partial charge in [0.2, 0.25) is 5.91 Å². The third-order valence-corrected chi connectivity index (χ3v) is 7.55. The first-order chi connectivity index (χ1) is 13.2. The number of nitrogens with zero attached hydrogens (tertiary/aromatic N) is 2. The maximum atomic E-state index is 12.5. The Hall–Kier alpha value is -2.34. The van der Waals surface area contributed by atoms with Crippen LogP contribution in [0.25, 0.3) is 21.8 Å². The second-order valence-corrected chi connectivity index (χ2v) is 10.3. The molecule has 0 bridgehead atoms. The predicted molar refractivity (Wildman–Crippen MR) is 115 cm³/mol. The van der Waals surface area contributed by atoms with E-state index in [0.717, 1.165) is 27.5 Å². The van der Waals surface area contributed by atoms with Crippen LogP contribution in [0.2, 0.25) is 0 Å². The Labute approximate surface area is 165 Å². The van der Waals surface area contributed by atoms with Gasteiger partial charge in [0.15, 0.2) is 9.84 Å². The molecule has 0 saturated carbocycles. The Morgan fingerprint density at radius 2 is 1.86 bits per heavy atom. The summed E-state index contributed by atoms with van der Waals surface area (Å²) in [6, 6.07) is 12.4. The minimum atomic E-state index is -3.08. The largest absolute Gasteiger partial charge is 0.338 e. The van der Waals surface area contributed by atoms with Crippen LogP contribution < -0.4 is 4.90 Å². The molecule has 0 N–H and O–H groups in total. The number of amides is 1. The average Bonchev–Trinajstić information content (AvgIpc) is 3.14. The maximum Gasteiger partial charge on any atom is 0.224 e. The number of hydrogen-bond acceptors (Lipinski definition) is 3. The van der Waals surface area contributed by atoms with Crippen molar-refractivity contribution < 1.29 is 13.2 Å². The summed E-state index contributed by atoms with van der Waals surface area (Å²) < 4.78 is 26.3. The molecule has 0 aliphatic carbocycles. The summed E-state index contributed by atoms with van der Waals surface area (Å²) in [5.74, 6) is 0.0740. The highest BCUT2D eigenvalue weighted by Crippen LogP contribution is 2.39. The SMILES string of the molecule is CC(=O)N(c1ccc2c(c1C)c1ccccc1n2C(C)C)C1CCS(=O)(=O)C1. The molecule has 1 aliphatic heterocycles. The minimum Gasteiger partial charge on any atom is -0.338 e. The van der Waals surface area contributed by atoms with E-state index in [1.807, 2.05) is 25.1 Å². The Kier molecular flexibility index (Phi) is 4.49. The van der Waals surface area contributed by atoms with E-state index in [2.05, 4.69) is 36.6 Å². The van der Waals surface area contributed by atoms with Crippen molar-refractivity contribution in [2.45, 2.75) is 46.2 Å². The minimum absolute atomic E-state index is 0.0395. The third-order valence-electron chi connectivity index (χ3n) is 5.80. The summed E-state index contributed by atoms with van der Waals surface area (Å²) in [6.07, 6.45) is 0.493. The number of hydrogen-bond donors (Lipinski definition) is 0. The second kappa shape index (κ2) is 6.62. The molecule has 1 amide bonds. The molecule has 4 rings (SSSR count). The predicted octanol–water partition coefficient (Wildman–Crippen LogP) is 4.22. The van der Waals surface area contributed by atoms with Crippen molar-refractivity contribution in [3.63, 3.8) is 0 Å². The molecule has 1 aliphatic rings. The lowest BCUT2D eigenvalue weighted by Crippen LogP contribution is -2.40. The first-order valence-corrected chi connectivity index (χ1v) is 11.6. The third kappa shape index (κ3) is 2.91. The summed E-state index contributed by atoms with van der Waals surface area (Å²) in [4.78, 5) is 14.2. The normalized spacial score (nSPS) is 19.0. The van der Waals surface area contributed by atoms with Gasteiger partial charge in [-0.1, -0.05) is 18.2 Å². The van der Waals surface area contributed by atoms with Crippen molar-refractivity contribution in [3.05, 3.63) is 42.0 Å².